The molecule has 1 saturated heterocycles. The van der Waals surface area contributed by atoms with Crippen LogP contribution in [0.5, 0.6) is 5.75 Å². The molecule has 0 bridgehead atoms. The van der Waals surface area contributed by atoms with Crippen LogP contribution in [0.2, 0.25) is 0 Å². The van der Waals surface area contributed by atoms with Crippen molar-refractivity contribution in [1.82, 2.24) is 0 Å². The second-order valence-electron chi connectivity index (χ2n) is 7.47. The van der Waals surface area contributed by atoms with Gasteiger partial charge in [0.25, 0.3) is 0 Å². The van der Waals surface area contributed by atoms with Crippen LogP contribution >= 0.6 is 12.2 Å². The monoisotopic (exact) mass is 425 g/mol. The molecule has 0 radical (unpaired) electrons. The van der Waals surface area contributed by atoms with Crippen molar-refractivity contribution in [1.29, 1.82) is 0 Å². The molecule has 3 unspecified atom stereocenters. The van der Waals surface area contributed by atoms with Gasteiger partial charge in [0.1, 0.15) is 17.4 Å². The lowest BCUT2D eigenvalue weighted by Gasteiger charge is -2.50. The van der Waals surface area contributed by atoms with Crippen molar-refractivity contribution >= 4 is 22.9 Å². The zero-order valence-corrected chi connectivity index (χ0v) is 16.9. The van der Waals surface area contributed by atoms with E-state index in [0.29, 0.717) is 18.4 Å². The molecule has 0 saturated carbocycles. The summed E-state index contributed by atoms with van der Waals surface area (Å²) >= 11 is 5.68. The van der Waals surface area contributed by atoms with Gasteiger partial charge in [0.05, 0.1) is 17.1 Å². The number of thiocarbonyl (C=S) groups is 1. The van der Waals surface area contributed by atoms with Gasteiger partial charge >= 0.3 is 0 Å². The van der Waals surface area contributed by atoms with E-state index >= 15 is 0 Å². The van der Waals surface area contributed by atoms with Gasteiger partial charge in [-0.2, -0.15) is 0 Å². The van der Waals surface area contributed by atoms with Crippen LogP contribution in [0.15, 0.2) is 72.8 Å². The lowest BCUT2D eigenvalue weighted by atomic mass is 9.79. The minimum absolute atomic E-state index is 0.00435. The molecular weight excluding hydrogens is 404 g/mol. The van der Waals surface area contributed by atoms with E-state index in [1.807, 2.05) is 17.0 Å². The van der Waals surface area contributed by atoms with Crippen molar-refractivity contribution in [2.45, 2.75) is 25.0 Å². The number of hydrogen-bond donors (Lipinski definition) is 2. The van der Waals surface area contributed by atoms with Crippen LogP contribution in [-0.2, 0) is 0 Å². The Bertz CT molecular complexity index is 1020. The van der Waals surface area contributed by atoms with E-state index < -0.39 is 6.10 Å². The number of aliphatic hydroxyl groups excluding tert-OH is 1. The summed E-state index contributed by atoms with van der Waals surface area (Å²) in [6.07, 6.45) is 0.400. The van der Waals surface area contributed by atoms with E-state index in [1.165, 1.54) is 24.3 Å². The predicted molar refractivity (Wildman–Crippen MR) is 116 cm³/mol. The highest BCUT2D eigenvalue weighted by molar-refractivity contribution is 7.80. The molecule has 2 N–H and O–H groups in total. The first-order valence-electron chi connectivity index (χ1n) is 9.75. The number of phenols is 1. The Balaban J connectivity index is 1.55. The van der Waals surface area contributed by atoms with Gasteiger partial charge in [0.15, 0.2) is 0 Å². The molecule has 154 valence electrons. The maximum absolute atomic E-state index is 13.4. The van der Waals surface area contributed by atoms with Crippen LogP contribution in [0.4, 0.5) is 14.5 Å². The van der Waals surface area contributed by atoms with Gasteiger partial charge in [0.2, 0.25) is 0 Å². The van der Waals surface area contributed by atoms with Crippen LogP contribution in [-0.4, -0.2) is 15.2 Å². The summed E-state index contributed by atoms with van der Waals surface area (Å²) in [6, 6.07) is 18.9. The first kappa shape index (κ1) is 20.4. The highest BCUT2D eigenvalue weighted by Crippen LogP contribution is 2.47. The average Bonchev–Trinajstić information content (AvgIpc) is 2.74. The minimum Gasteiger partial charge on any atom is -0.508 e. The van der Waals surface area contributed by atoms with Crippen molar-refractivity contribution in [2.75, 3.05) is 4.90 Å². The van der Waals surface area contributed by atoms with E-state index in [9.17, 15) is 19.0 Å². The summed E-state index contributed by atoms with van der Waals surface area (Å²) in [4.78, 5) is 2.71. The third-order valence-corrected chi connectivity index (χ3v) is 6.06. The van der Waals surface area contributed by atoms with E-state index in [2.05, 4.69) is 0 Å². The molecule has 3 aromatic carbocycles. The molecule has 4 rings (SSSR count). The lowest BCUT2D eigenvalue weighted by Crippen LogP contribution is -2.54. The Morgan fingerprint density at radius 2 is 1.43 bits per heavy atom. The molecular formula is C24H21F2NO2S. The van der Waals surface area contributed by atoms with Crippen LogP contribution < -0.4 is 4.90 Å². The summed E-state index contributed by atoms with van der Waals surface area (Å²) in [5.41, 5.74) is 2.44. The molecule has 0 aliphatic carbocycles. The first-order chi connectivity index (χ1) is 14.4. The zero-order chi connectivity index (χ0) is 21.3. The molecule has 3 atom stereocenters. The average molecular weight is 426 g/mol. The standard InChI is InChI=1S/C24H21F2NO2S/c25-17-5-1-15(2-6-17)22(29)14-13-21-23(16-3-11-20(28)12-4-16)27(24(21)30)19-9-7-18(26)8-10-19/h1-12,21-23,28-29H,13-14H2. The summed E-state index contributed by atoms with van der Waals surface area (Å²) in [5, 5.41) is 20.2. The zero-order valence-electron chi connectivity index (χ0n) is 16.1. The number of aromatic hydroxyl groups is 1. The molecule has 3 aromatic rings. The predicted octanol–water partition coefficient (Wildman–Crippen LogP) is 5.69. The molecule has 3 nitrogen and oxygen atoms in total. The smallest absolute Gasteiger partial charge is 0.123 e. The van der Waals surface area contributed by atoms with E-state index in [0.717, 1.165) is 16.2 Å². The van der Waals surface area contributed by atoms with Gasteiger partial charge in [-0.3, -0.25) is 0 Å². The quantitative estimate of drug-likeness (QED) is 0.498. The van der Waals surface area contributed by atoms with Crippen molar-refractivity contribution in [3.63, 3.8) is 0 Å². The van der Waals surface area contributed by atoms with Crippen molar-refractivity contribution < 1.29 is 19.0 Å². The van der Waals surface area contributed by atoms with Crippen molar-refractivity contribution in [3.05, 3.63) is 95.6 Å². The molecule has 1 aliphatic rings. The topological polar surface area (TPSA) is 43.7 Å². The fraction of sp³-hybridized carbons (Fsp3) is 0.208. The Kier molecular flexibility index (Phi) is 5.79. The summed E-state index contributed by atoms with van der Waals surface area (Å²) in [5.74, 6) is -0.472. The molecule has 0 aromatic heterocycles. The number of halogens is 2. The maximum atomic E-state index is 13.4. The van der Waals surface area contributed by atoms with Gasteiger partial charge in [-0.1, -0.05) is 36.5 Å². The SMILES string of the molecule is Oc1ccc(C2C(CCC(O)c3ccc(F)cc3)C(=S)N2c2ccc(F)cc2)cc1. The van der Waals surface area contributed by atoms with Gasteiger partial charge in [-0.05, 0) is 72.5 Å². The lowest BCUT2D eigenvalue weighted by molar-refractivity contribution is 0.157. The summed E-state index contributed by atoms with van der Waals surface area (Å²) in [6.45, 7) is 0. The second-order valence-corrected chi connectivity index (χ2v) is 7.89. The first-order valence-corrected chi connectivity index (χ1v) is 10.2. The fourth-order valence-corrected chi connectivity index (χ4v) is 4.43. The van der Waals surface area contributed by atoms with Gasteiger partial charge in [-0.15, -0.1) is 0 Å². The highest BCUT2D eigenvalue weighted by Gasteiger charge is 2.45. The number of phenolic OH excluding ortho intramolecular Hbond substituents is 1. The fourth-order valence-electron chi connectivity index (χ4n) is 3.96. The Morgan fingerprint density at radius 1 is 0.867 bits per heavy atom. The van der Waals surface area contributed by atoms with Gasteiger partial charge < -0.3 is 15.1 Å². The number of aliphatic hydroxyl groups is 1. The van der Waals surface area contributed by atoms with E-state index in [4.69, 9.17) is 12.2 Å². The summed E-state index contributed by atoms with van der Waals surface area (Å²) < 4.78 is 26.5. The molecule has 0 amide bonds. The maximum Gasteiger partial charge on any atom is 0.123 e. The number of nitrogens with zero attached hydrogens (tertiary/aromatic N) is 1. The molecule has 30 heavy (non-hydrogen) atoms. The van der Waals surface area contributed by atoms with E-state index in [1.54, 1.807) is 36.4 Å². The Labute approximate surface area is 179 Å². The Hall–Kier alpha value is -2.83. The third kappa shape index (κ3) is 4.06. The van der Waals surface area contributed by atoms with Crippen LogP contribution in [0.25, 0.3) is 0 Å². The number of benzene rings is 3. The molecule has 1 heterocycles. The second kappa shape index (κ2) is 8.50. The van der Waals surface area contributed by atoms with E-state index in [-0.39, 0.29) is 29.3 Å². The van der Waals surface area contributed by atoms with Gasteiger partial charge in [-0.25, -0.2) is 8.78 Å². The normalized spacial score (nSPS) is 19.4. The molecule has 6 heteroatoms. The van der Waals surface area contributed by atoms with Crippen LogP contribution in [0.1, 0.15) is 36.1 Å². The van der Waals surface area contributed by atoms with Crippen molar-refractivity contribution in [2.24, 2.45) is 5.92 Å². The minimum atomic E-state index is -0.714. The number of rotatable bonds is 6. The van der Waals surface area contributed by atoms with Crippen LogP contribution in [0, 0.1) is 17.6 Å². The third-order valence-electron chi connectivity index (χ3n) is 5.56. The van der Waals surface area contributed by atoms with Gasteiger partial charge in [0, 0.05) is 11.6 Å². The molecule has 1 aliphatic heterocycles. The van der Waals surface area contributed by atoms with Crippen molar-refractivity contribution in [3.8, 4) is 5.75 Å². The highest BCUT2D eigenvalue weighted by atomic mass is 32.1. The largest absolute Gasteiger partial charge is 0.508 e. The molecule has 0 spiro atoms. The molecule has 1 fully saturated rings. The number of hydrogen-bond acceptors (Lipinski definition) is 3. The van der Waals surface area contributed by atoms with Crippen LogP contribution in [0.3, 0.4) is 0 Å². The Morgan fingerprint density at radius 3 is 2.03 bits per heavy atom. The summed E-state index contributed by atoms with van der Waals surface area (Å²) in [7, 11) is 0. The number of anilines is 1.